The zero-order valence-corrected chi connectivity index (χ0v) is 11.4. The van der Waals surface area contributed by atoms with Crippen molar-refractivity contribution in [3.63, 3.8) is 0 Å². The van der Waals surface area contributed by atoms with Crippen LogP contribution in [0.25, 0.3) is 0 Å². The van der Waals surface area contributed by atoms with Crippen LogP contribution in [-0.2, 0) is 4.74 Å². The Kier molecular flexibility index (Phi) is 4.39. The molecule has 1 aliphatic heterocycles. The third kappa shape index (κ3) is 3.24. The first-order valence-corrected chi connectivity index (χ1v) is 6.31. The number of aromatic nitrogens is 2. The SMILES string of the molecule is COc1c(NN)ncnc1OC1CC(C)OC(C)C1. The van der Waals surface area contributed by atoms with Crippen molar-refractivity contribution in [2.24, 2.45) is 5.84 Å². The molecular formula is C12H20N4O3. The maximum Gasteiger partial charge on any atom is 0.262 e. The molecule has 106 valence electrons. The van der Waals surface area contributed by atoms with Crippen LogP contribution in [-0.4, -0.2) is 35.4 Å². The number of rotatable bonds is 4. The molecule has 0 radical (unpaired) electrons. The van der Waals surface area contributed by atoms with Gasteiger partial charge in [0.05, 0.1) is 19.3 Å². The van der Waals surface area contributed by atoms with Crippen molar-refractivity contribution >= 4 is 5.82 Å². The molecular weight excluding hydrogens is 248 g/mol. The second-order valence-electron chi connectivity index (χ2n) is 4.67. The van der Waals surface area contributed by atoms with Crippen LogP contribution in [0.5, 0.6) is 11.6 Å². The van der Waals surface area contributed by atoms with Crippen molar-refractivity contribution in [3.8, 4) is 11.6 Å². The van der Waals surface area contributed by atoms with Crippen molar-refractivity contribution in [3.05, 3.63) is 6.33 Å². The molecule has 2 atom stereocenters. The van der Waals surface area contributed by atoms with Crippen molar-refractivity contribution in [1.82, 2.24) is 9.97 Å². The highest BCUT2D eigenvalue weighted by Gasteiger charge is 2.27. The number of hydrogen-bond donors (Lipinski definition) is 2. The Bertz CT molecular complexity index is 419. The molecule has 1 fully saturated rings. The van der Waals surface area contributed by atoms with E-state index in [2.05, 4.69) is 15.4 Å². The van der Waals surface area contributed by atoms with Gasteiger partial charge in [-0.3, -0.25) is 0 Å². The number of nitrogens with one attached hydrogen (secondary N) is 1. The molecule has 0 spiro atoms. The van der Waals surface area contributed by atoms with Gasteiger partial charge in [0.2, 0.25) is 5.75 Å². The first kappa shape index (κ1) is 13.8. The lowest BCUT2D eigenvalue weighted by Crippen LogP contribution is -2.36. The summed E-state index contributed by atoms with van der Waals surface area (Å²) in [6.45, 7) is 4.08. The summed E-state index contributed by atoms with van der Waals surface area (Å²) in [5.41, 5.74) is 2.46. The first-order valence-electron chi connectivity index (χ1n) is 6.31. The molecule has 2 rings (SSSR count). The summed E-state index contributed by atoms with van der Waals surface area (Å²) >= 11 is 0. The number of ether oxygens (including phenoxy) is 3. The van der Waals surface area contributed by atoms with E-state index >= 15 is 0 Å². The van der Waals surface area contributed by atoms with Crippen LogP contribution in [0, 0.1) is 0 Å². The monoisotopic (exact) mass is 268 g/mol. The van der Waals surface area contributed by atoms with E-state index in [0.29, 0.717) is 17.4 Å². The first-order chi connectivity index (χ1) is 9.13. The van der Waals surface area contributed by atoms with Crippen molar-refractivity contribution in [2.45, 2.75) is 45.0 Å². The van der Waals surface area contributed by atoms with Crippen LogP contribution in [0.2, 0.25) is 0 Å². The van der Waals surface area contributed by atoms with E-state index in [1.807, 2.05) is 13.8 Å². The molecule has 2 unspecified atom stereocenters. The van der Waals surface area contributed by atoms with Gasteiger partial charge in [0.25, 0.3) is 5.88 Å². The molecule has 0 aliphatic carbocycles. The molecule has 1 aliphatic rings. The maximum atomic E-state index is 5.91. The maximum absolute atomic E-state index is 5.91. The Hall–Kier alpha value is -1.60. The minimum absolute atomic E-state index is 0.0492. The molecule has 1 aromatic rings. The van der Waals surface area contributed by atoms with Crippen LogP contribution in [0.1, 0.15) is 26.7 Å². The van der Waals surface area contributed by atoms with Gasteiger partial charge in [0, 0.05) is 12.8 Å². The lowest BCUT2D eigenvalue weighted by Gasteiger charge is -2.32. The van der Waals surface area contributed by atoms with Crippen LogP contribution in [0.4, 0.5) is 5.82 Å². The third-order valence-electron chi connectivity index (χ3n) is 3.04. The molecule has 19 heavy (non-hydrogen) atoms. The number of nitrogens with two attached hydrogens (primary N) is 1. The second kappa shape index (κ2) is 6.03. The average Bonchev–Trinajstić information content (AvgIpc) is 2.37. The van der Waals surface area contributed by atoms with E-state index < -0.39 is 0 Å². The minimum atomic E-state index is 0.0492. The highest BCUT2D eigenvalue weighted by Crippen LogP contribution is 2.33. The molecule has 0 aromatic carbocycles. The molecule has 7 nitrogen and oxygen atoms in total. The van der Waals surface area contributed by atoms with E-state index in [1.165, 1.54) is 13.4 Å². The van der Waals surface area contributed by atoms with Gasteiger partial charge >= 0.3 is 0 Å². The van der Waals surface area contributed by atoms with Crippen LogP contribution < -0.4 is 20.7 Å². The number of hydrogen-bond acceptors (Lipinski definition) is 7. The summed E-state index contributed by atoms with van der Waals surface area (Å²) in [7, 11) is 1.53. The van der Waals surface area contributed by atoms with Crippen molar-refractivity contribution in [2.75, 3.05) is 12.5 Å². The number of nitrogens with zero attached hydrogens (tertiary/aromatic N) is 2. The molecule has 0 bridgehead atoms. The summed E-state index contributed by atoms with van der Waals surface area (Å²) in [6.07, 6.45) is 3.43. The van der Waals surface area contributed by atoms with Gasteiger partial charge < -0.3 is 19.6 Å². The van der Waals surface area contributed by atoms with Crippen LogP contribution in [0.15, 0.2) is 6.33 Å². The fourth-order valence-electron chi connectivity index (χ4n) is 2.33. The molecule has 7 heteroatoms. The lowest BCUT2D eigenvalue weighted by molar-refractivity contribution is -0.0733. The fourth-order valence-corrected chi connectivity index (χ4v) is 2.33. The zero-order chi connectivity index (χ0) is 13.8. The largest absolute Gasteiger partial charge is 0.489 e. The van der Waals surface area contributed by atoms with E-state index in [-0.39, 0.29) is 18.3 Å². The minimum Gasteiger partial charge on any atom is -0.489 e. The summed E-state index contributed by atoms with van der Waals surface area (Å²) < 4.78 is 16.8. The smallest absolute Gasteiger partial charge is 0.262 e. The van der Waals surface area contributed by atoms with E-state index in [1.54, 1.807) is 0 Å². The lowest BCUT2D eigenvalue weighted by atomic mass is 10.0. The van der Waals surface area contributed by atoms with Gasteiger partial charge in [0.1, 0.15) is 12.4 Å². The standard InChI is InChI=1S/C12H20N4O3/c1-7-4-9(5-8(2)18-7)19-12-10(17-3)11(16-13)14-6-15-12/h6-9H,4-5,13H2,1-3H3,(H,14,15,16). The topological polar surface area (TPSA) is 91.5 Å². The fraction of sp³-hybridized carbons (Fsp3) is 0.667. The number of methoxy groups -OCH3 is 1. The third-order valence-corrected chi connectivity index (χ3v) is 3.04. The average molecular weight is 268 g/mol. The Morgan fingerprint density at radius 1 is 1.32 bits per heavy atom. The Labute approximate surface area is 112 Å². The predicted octanol–water partition coefficient (Wildman–Crippen LogP) is 1.11. The van der Waals surface area contributed by atoms with Gasteiger partial charge in [-0.15, -0.1) is 0 Å². The predicted molar refractivity (Wildman–Crippen MR) is 70.1 cm³/mol. The Morgan fingerprint density at radius 2 is 2.00 bits per heavy atom. The van der Waals surface area contributed by atoms with E-state index in [4.69, 9.17) is 20.1 Å². The van der Waals surface area contributed by atoms with E-state index in [0.717, 1.165) is 12.8 Å². The Balaban J connectivity index is 2.14. The molecule has 0 saturated carbocycles. The highest BCUT2D eigenvalue weighted by molar-refractivity contribution is 5.54. The Morgan fingerprint density at radius 3 is 2.58 bits per heavy atom. The second-order valence-corrected chi connectivity index (χ2v) is 4.67. The summed E-state index contributed by atoms with van der Waals surface area (Å²) in [5, 5.41) is 0. The molecule has 1 aromatic heterocycles. The van der Waals surface area contributed by atoms with E-state index in [9.17, 15) is 0 Å². The summed E-state index contributed by atoms with van der Waals surface area (Å²) in [4.78, 5) is 8.08. The van der Waals surface area contributed by atoms with Crippen LogP contribution in [0.3, 0.4) is 0 Å². The molecule has 2 heterocycles. The van der Waals surface area contributed by atoms with Gasteiger partial charge in [-0.1, -0.05) is 0 Å². The van der Waals surface area contributed by atoms with Gasteiger partial charge in [-0.05, 0) is 13.8 Å². The van der Waals surface area contributed by atoms with Gasteiger partial charge in [-0.2, -0.15) is 4.98 Å². The normalized spacial score (nSPS) is 26.8. The molecule has 1 saturated heterocycles. The number of anilines is 1. The highest BCUT2D eigenvalue weighted by atomic mass is 16.5. The van der Waals surface area contributed by atoms with Gasteiger partial charge in [-0.25, -0.2) is 10.8 Å². The zero-order valence-electron chi connectivity index (χ0n) is 11.4. The molecule has 0 amide bonds. The van der Waals surface area contributed by atoms with Crippen molar-refractivity contribution in [1.29, 1.82) is 0 Å². The summed E-state index contributed by atoms with van der Waals surface area (Å²) in [6, 6.07) is 0. The van der Waals surface area contributed by atoms with Crippen LogP contribution >= 0.6 is 0 Å². The number of hydrazine groups is 1. The molecule has 3 N–H and O–H groups in total. The number of nitrogen functional groups attached to an aromatic ring is 1. The quantitative estimate of drug-likeness (QED) is 0.624. The summed E-state index contributed by atoms with van der Waals surface area (Å²) in [5.74, 6) is 6.59. The van der Waals surface area contributed by atoms with Gasteiger partial charge in [0.15, 0.2) is 5.82 Å². The van der Waals surface area contributed by atoms with Crippen molar-refractivity contribution < 1.29 is 14.2 Å².